The highest BCUT2D eigenvalue weighted by Crippen LogP contribution is 2.36. The van der Waals surface area contributed by atoms with E-state index in [9.17, 15) is 0 Å². The molecule has 0 atom stereocenters. The number of thiazole rings is 1. The minimum Gasteiger partial charge on any atom is -0.490 e. The summed E-state index contributed by atoms with van der Waals surface area (Å²) < 4.78 is 11.0. The quantitative estimate of drug-likeness (QED) is 0.704. The van der Waals surface area contributed by atoms with E-state index in [1.165, 1.54) is 11.3 Å². The summed E-state index contributed by atoms with van der Waals surface area (Å²) in [7, 11) is 1.56. The maximum absolute atomic E-state index is 5.48. The molecule has 2 rings (SSSR count). The van der Waals surface area contributed by atoms with Gasteiger partial charge in [0.05, 0.1) is 12.6 Å². The lowest BCUT2D eigenvalue weighted by molar-refractivity contribution is 0.415. The molecule has 0 fully saturated rings. The Bertz CT molecular complexity index is 379. The molecule has 0 saturated carbocycles. The number of methoxy groups -OCH3 is 1. The third-order valence-electron chi connectivity index (χ3n) is 1.38. The Hall–Kier alpha value is -1.23. The largest absolute Gasteiger partial charge is 0.490 e. The normalized spacial score (nSPS) is 10.6. The van der Waals surface area contributed by atoms with Crippen LogP contribution in [-0.4, -0.2) is 12.1 Å². The summed E-state index contributed by atoms with van der Waals surface area (Å²) in [5.74, 6) is 0.879. The standard InChI is InChI=1S/C6H6N2O2S/c1-9-3-4-6(8-2-11-4)10-5(3)7/h2H,7H2,1H3. The van der Waals surface area contributed by atoms with E-state index in [4.69, 9.17) is 14.9 Å². The maximum Gasteiger partial charge on any atom is 0.243 e. The van der Waals surface area contributed by atoms with E-state index in [0.717, 1.165) is 4.70 Å². The van der Waals surface area contributed by atoms with Crippen LogP contribution in [0.25, 0.3) is 10.4 Å². The number of nitrogens with two attached hydrogens (primary N) is 1. The smallest absolute Gasteiger partial charge is 0.243 e. The molecule has 2 aromatic heterocycles. The fourth-order valence-corrected chi connectivity index (χ4v) is 1.65. The third-order valence-corrected chi connectivity index (χ3v) is 2.18. The number of anilines is 1. The van der Waals surface area contributed by atoms with Gasteiger partial charge < -0.3 is 14.9 Å². The maximum atomic E-state index is 5.48. The topological polar surface area (TPSA) is 61.3 Å². The molecular formula is C6H6N2O2S. The molecule has 0 spiro atoms. The van der Waals surface area contributed by atoms with Gasteiger partial charge in [-0.3, -0.25) is 0 Å². The van der Waals surface area contributed by atoms with Gasteiger partial charge in [-0.25, -0.2) is 4.98 Å². The van der Waals surface area contributed by atoms with Crippen LogP contribution in [0.3, 0.4) is 0 Å². The van der Waals surface area contributed by atoms with Crippen molar-refractivity contribution in [3.63, 3.8) is 0 Å². The lowest BCUT2D eigenvalue weighted by atomic mass is 10.5. The number of furan rings is 1. The van der Waals surface area contributed by atoms with E-state index in [-0.39, 0.29) is 0 Å². The van der Waals surface area contributed by atoms with E-state index in [2.05, 4.69) is 4.98 Å². The molecule has 11 heavy (non-hydrogen) atoms. The van der Waals surface area contributed by atoms with E-state index in [1.807, 2.05) is 0 Å². The van der Waals surface area contributed by atoms with Gasteiger partial charge in [0.2, 0.25) is 17.3 Å². The van der Waals surface area contributed by atoms with Crippen molar-refractivity contribution in [1.82, 2.24) is 4.98 Å². The number of ether oxygens (including phenoxy) is 1. The van der Waals surface area contributed by atoms with Gasteiger partial charge in [0, 0.05) is 0 Å². The first-order valence-corrected chi connectivity index (χ1v) is 3.86. The van der Waals surface area contributed by atoms with Crippen LogP contribution in [0.4, 0.5) is 5.88 Å². The Morgan fingerprint density at radius 3 is 3.27 bits per heavy atom. The molecule has 2 heterocycles. The number of hydrogen-bond acceptors (Lipinski definition) is 5. The molecular weight excluding hydrogens is 164 g/mol. The van der Waals surface area contributed by atoms with Gasteiger partial charge >= 0.3 is 0 Å². The van der Waals surface area contributed by atoms with Gasteiger partial charge in [0.1, 0.15) is 4.70 Å². The van der Waals surface area contributed by atoms with Crippen LogP contribution in [-0.2, 0) is 0 Å². The molecule has 0 aliphatic heterocycles. The summed E-state index contributed by atoms with van der Waals surface area (Å²) >= 11 is 1.45. The fourth-order valence-electron chi connectivity index (χ4n) is 0.915. The minimum atomic E-state index is 0.293. The van der Waals surface area contributed by atoms with Crippen molar-refractivity contribution in [1.29, 1.82) is 0 Å². The molecule has 0 radical (unpaired) electrons. The van der Waals surface area contributed by atoms with E-state index >= 15 is 0 Å². The number of nitrogens with zero attached hydrogens (tertiary/aromatic N) is 1. The molecule has 0 aromatic carbocycles. The Balaban J connectivity index is 2.80. The van der Waals surface area contributed by atoms with Gasteiger partial charge in [-0.15, -0.1) is 11.3 Å². The minimum absolute atomic E-state index is 0.293. The SMILES string of the molecule is COc1c(N)oc2ncsc12. The van der Waals surface area contributed by atoms with Crippen LogP contribution in [0, 0.1) is 0 Å². The highest BCUT2D eigenvalue weighted by molar-refractivity contribution is 7.17. The number of aromatic nitrogens is 1. The predicted octanol–water partition coefficient (Wildman–Crippen LogP) is 1.48. The Morgan fingerprint density at radius 2 is 2.55 bits per heavy atom. The first-order chi connectivity index (χ1) is 5.33. The molecule has 2 aromatic rings. The molecule has 0 aliphatic rings. The summed E-state index contributed by atoms with van der Waals surface area (Å²) in [5.41, 5.74) is 7.72. The summed E-state index contributed by atoms with van der Waals surface area (Å²) in [6.45, 7) is 0. The van der Waals surface area contributed by atoms with Gasteiger partial charge in [0.25, 0.3) is 0 Å². The molecule has 0 bridgehead atoms. The van der Waals surface area contributed by atoms with Crippen LogP contribution in [0.1, 0.15) is 0 Å². The van der Waals surface area contributed by atoms with Crippen molar-refractivity contribution in [2.45, 2.75) is 0 Å². The van der Waals surface area contributed by atoms with Gasteiger partial charge in [-0.2, -0.15) is 0 Å². The average Bonchev–Trinajstić information content (AvgIpc) is 2.46. The first kappa shape index (κ1) is 6.48. The van der Waals surface area contributed by atoms with Crippen LogP contribution in [0.2, 0.25) is 0 Å². The Kier molecular flexibility index (Phi) is 1.25. The second-order valence-corrected chi connectivity index (χ2v) is 2.84. The monoisotopic (exact) mass is 170 g/mol. The summed E-state index contributed by atoms with van der Waals surface area (Å²) in [4.78, 5) is 3.94. The lowest BCUT2D eigenvalue weighted by Crippen LogP contribution is -1.86. The highest BCUT2D eigenvalue weighted by atomic mass is 32.1. The predicted molar refractivity (Wildman–Crippen MR) is 42.9 cm³/mol. The summed E-state index contributed by atoms with van der Waals surface area (Å²) in [5, 5.41) is 0. The molecule has 2 N–H and O–H groups in total. The van der Waals surface area contributed by atoms with Crippen molar-refractivity contribution in [3.8, 4) is 5.75 Å². The zero-order valence-corrected chi connectivity index (χ0v) is 6.64. The van der Waals surface area contributed by atoms with Gasteiger partial charge in [-0.05, 0) is 0 Å². The molecule has 4 nitrogen and oxygen atoms in total. The Labute approximate surface area is 66.6 Å². The first-order valence-electron chi connectivity index (χ1n) is 2.98. The number of nitrogen functional groups attached to an aromatic ring is 1. The highest BCUT2D eigenvalue weighted by Gasteiger charge is 2.13. The van der Waals surface area contributed by atoms with Crippen LogP contribution in [0.15, 0.2) is 9.93 Å². The van der Waals surface area contributed by atoms with Gasteiger partial charge in [0.15, 0.2) is 0 Å². The second kappa shape index (κ2) is 2.13. The number of hydrogen-bond donors (Lipinski definition) is 1. The number of rotatable bonds is 1. The molecule has 0 unspecified atom stereocenters. The van der Waals surface area contributed by atoms with Crippen molar-refractivity contribution >= 4 is 27.6 Å². The van der Waals surface area contributed by atoms with Crippen LogP contribution in [0.5, 0.6) is 5.75 Å². The Morgan fingerprint density at radius 1 is 1.73 bits per heavy atom. The van der Waals surface area contributed by atoms with Crippen LogP contribution < -0.4 is 10.5 Å². The molecule has 0 saturated heterocycles. The molecule has 58 valence electrons. The van der Waals surface area contributed by atoms with Crippen molar-refractivity contribution in [2.75, 3.05) is 12.8 Å². The molecule has 0 amide bonds. The lowest BCUT2D eigenvalue weighted by Gasteiger charge is -1.92. The second-order valence-electron chi connectivity index (χ2n) is 1.99. The molecule has 0 aliphatic carbocycles. The zero-order chi connectivity index (χ0) is 7.84. The van der Waals surface area contributed by atoms with Crippen molar-refractivity contribution in [3.05, 3.63) is 5.51 Å². The fraction of sp³-hybridized carbons (Fsp3) is 0.167. The van der Waals surface area contributed by atoms with E-state index in [0.29, 0.717) is 17.3 Å². The summed E-state index contributed by atoms with van der Waals surface area (Å²) in [6, 6.07) is 0. The third kappa shape index (κ3) is 0.775. The van der Waals surface area contributed by atoms with Crippen molar-refractivity contribution in [2.24, 2.45) is 0 Å². The van der Waals surface area contributed by atoms with Crippen molar-refractivity contribution < 1.29 is 9.15 Å². The zero-order valence-electron chi connectivity index (χ0n) is 5.83. The molecule has 5 heteroatoms. The number of fused-ring (bicyclic) bond motifs is 1. The van der Waals surface area contributed by atoms with E-state index in [1.54, 1.807) is 12.6 Å². The van der Waals surface area contributed by atoms with Crippen LogP contribution >= 0.6 is 11.3 Å². The average molecular weight is 170 g/mol. The van der Waals surface area contributed by atoms with E-state index < -0.39 is 0 Å². The summed E-state index contributed by atoms with van der Waals surface area (Å²) in [6.07, 6.45) is 0. The van der Waals surface area contributed by atoms with Gasteiger partial charge in [-0.1, -0.05) is 0 Å².